The molecule has 1 atom stereocenters. The van der Waals surface area contributed by atoms with Crippen LogP contribution < -0.4 is 10.1 Å². The fourth-order valence-corrected chi connectivity index (χ4v) is 3.97. The summed E-state index contributed by atoms with van der Waals surface area (Å²) >= 11 is 3.51. The number of thiazole rings is 1. The Kier molecular flexibility index (Phi) is 6.08. The van der Waals surface area contributed by atoms with Gasteiger partial charge in [0.15, 0.2) is 0 Å². The molecule has 114 valence electrons. The number of rotatable bonds is 7. The number of aromatic nitrogens is 1. The van der Waals surface area contributed by atoms with Crippen molar-refractivity contribution in [2.45, 2.75) is 37.3 Å². The van der Waals surface area contributed by atoms with Crippen LogP contribution in [-0.2, 0) is 0 Å². The molecule has 5 heteroatoms. The van der Waals surface area contributed by atoms with Crippen LogP contribution in [0.25, 0.3) is 0 Å². The van der Waals surface area contributed by atoms with Gasteiger partial charge >= 0.3 is 0 Å². The highest BCUT2D eigenvalue weighted by molar-refractivity contribution is 8.01. The summed E-state index contributed by atoms with van der Waals surface area (Å²) in [5, 5.41) is 5.46. The molecule has 0 spiro atoms. The van der Waals surface area contributed by atoms with Crippen molar-refractivity contribution in [1.29, 1.82) is 0 Å². The molecule has 0 aliphatic heterocycles. The van der Waals surface area contributed by atoms with E-state index >= 15 is 0 Å². The topological polar surface area (TPSA) is 34.2 Å². The number of hydrogen-bond donors (Lipinski definition) is 1. The standard InChI is InChI=1S/C16H22N2OS2/c1-11(2)19-14-7-5-13(6-8-14)15(17-4)10-21-16-18-12(3)9-20-16/h5-9,11,15,17H,10H2,1-4H3. The third-order valence-electron chi connectivity index (χ3n) is 2.97. The Labute approximate surface area is 135 Å². The van der Waals surface area contributed by atoms with Crippen LogP contribution in [0.2, 0.25) is 0 Å². The van der Waals surface area contributed by atoms with Crippen molar-refractivity contribution in [3.63, 3.8) is 0 Å². The lowest BCUT2D eigenvalue weighted by atomic mass is 10.1. The summed E-state index contributed by atoms with van der Waals surface area (Å²) in [6, 6.07) is 8.65. The summed E-state index contributed by atoms with van der Waals surface area (Å²) in [5.41, 5.74) is 2.37. The van der Waals surface area contributed by atoms with Gasteiger partial charge in [-0.15, -0.1) is 11.3 Å². The Hall–Kier alpha value is -1.04. The maximum Gasteiger partial charge on any atom is 0.150 e. The highest BCUT2D eigenvalue weighted by Gasteiger charge is 2.11. The summed E-state index contributed by atoms with van der Waals surface area (Å²) in [6.07, 6.45) is 0.208. The van der Waals surface area contributed by atoms with Crippen LogP contribution in [0.5, 0.6) is 5.75 Å². The van der Waals surface area contributed by atoms with Crippen molar-refractivity contribution in [3.8, 4) is 5.75 Å². The largest absolute Gasteiger partial charge is 0.491 e. The average molecular weight is 322 g/mol. The molecule has 0 saturated heterocycles. The predicted molar refractivity (Wildman–Crippen MR) is 91.6 cm³/mol. The molecule has 1 aromatic carbocycles. The van der Waals surface area contributed by atoms with Gasteiger partial charge in [-0.05, 0) is 45.5 Å². The van der Waals surface area contributed by atoms with Gasteiger partial charge in [-0.1, -0.05) is 23.9 Å². The molecular weight excluding hydrogens is 300 g/mol. The third-order valence-corrected chi connectivity index (χ3v) is 5.21. The summed E-state index contributed by atoms with van der Waals surface area (Å²) in [4.78, 5) is 4.49. The summed E-state index contributed by atoms with van der Waals surface area (Å²) in [5.74, 6) is 1.89. The fourth-order valence-electron chi connectivity index (χ4n) is 1.95. The molecule has 1 N–H and O–H groups in total. The van der Waals surface area contributed by atoms with Gasteiger partial charge in [-0.2, -0.15) is 0 Å². The van der Waals surface area contributed by atoms with E-state index in [4.69, 9.17) is 4.74 Å². The number of aryl methyl sites for hydroxylation is 1. The monoisotopic (exact) mass is 322 g/mol. The van der Waals surface area contributed by atoms with E-state index < -0.39 is 0 Å². The van der Waals surface area contributed by atoms with Crippen molar-refractivity contribution in [2.75, 3.05) is 12.8 Å². The number of benzene rings is 1. The van der Waals surface area contributed by atoms with Crippen LogP contribution in [0.15, 0.2) is 34.0 Å². The number of ether oxygens (including phenoxy) is 1. The second-order valence-electron chi connectivity index (χ2n) is 5.14. The number of thioether (sulfide) groups is 1. The minimum Gasteiger partial charge on any atom is -0.491 e. The SMILES string of the molecule is CNC(CSc1nc(C)cs1)c1ccc(OC(C)C)cc1. The molecule has 0 amide bonds. The fraction of sp³-hybridized carbons (Fsp3) is 0.438. The van der Waals surface area contributed by atoms with Crippen LogP contribution in [-0.4, -0.2) is 23.9 Å². The van der Waals surface area contributed by atoms with Gasteiger partial charge in [0.05, 0.1) is 6.10 Å². The van der Waals surface area contributed by atoms with E-state index in [0.717, 1.165) is 21.5 Å². The van der Waals surface area contributed by atoms with Crippen LogP contribution in [0.4, 0.5) is 0 Å². The summed E-state index contributed by atoms with van der Waals surface area (Å²) in [7, 11) is 2.00. The van der Waals surface area contributed by atoms with Crippen molar-refractivity contribution < 1.29 is 4.74 Å². The van der Waals surface area contributed by atoms with E-state index in [1.54, 1.807) is 23.1 Å². The molecule has 0 aliphatic carbocycles. The molecule has 0 fully saturated rings. The molecule has 0 saturated carbocycles. The van der Waals surface area contributed by atoms with E-state index in [1.807, 2.05) is 40.0 Å². The van der Waals surface area contributed by atoms with Crippen molar-refractivity contribution in [3.05, 3.63) is 40.9 Å². The van der Waals surface area contributed by atoms with Gasteiger partial charge in [-0.3, -0.25) is 0 Å². The quantitative estimate of drug-likeness (QED) is 0.771. The van der Waals surface area contributed by atoms with E-state index in [-0.39, 0.29) is 6.10 Å². The second-order valence-corrected chi connectivity index (χ2v) is 7.27. The zero-order valence-electron chi connectivity index (χ0n) is 12.9. The lowest BCUT2D eigenvalue weighted by Gasteiger charge is -2.16. The van der Waals surface area contributed by atoms with Crippen LogP contribution in [0.3, 0.4) is 0 Å². The summed E-state index contributed by atoms with van der Waals surface area (Å²) in [6.45, 7) is 6.11. The van der Waals surface area contributed by atoms with Crippen molar-refractivity contribution in [1.82, 2.24) is 10.3 Å². The number of hydrogen-bond acceptors (Lipinski definition) is 5. The first-order chi connectivity index (χ1) is 10.1. The average Bonchev–Trinajstić information content (AvgIpc) is 2.86. The molecule has 0 radical (unpaired) electrons. The van der Waals surface area contributed by atoms with Crippen LogP contribution in [0, 0.1) is 6.92 Å². The van der Waals surface area contributed by atoms with Gasteiger partial charge in [-0.25, -0.2) is 4.98 Å². The van der Waals surface area contributed by atoms with Crippen molar-refractivity contribution >= 4 is 23.1 Å². The molecule has 1 unspecified atom stereocenters. The minimum absolute atomic E-state index is 0.208. The molecule has 0 bridgehead atoms. The Morgan fingerprint density at radius 3 is 2.52 bits per heavy atom. The molecule has 0 aliphatic rings. The van der Waals surface area contributed by atoms with Gasteiger partial charge in [0.2, 0.25) is 0 Å². The highest BCUT2D eigenvalue weighted by Crippen LogP contribution is 2.28. The van der Waals surface area contributed by atoms with Crippen LogP contribution >= 0.6 is 23.1 Å². The first-order valence-corrected chi connectivity index (χ1v) is 8.94. The van der Waals surface area contributed by atoms with Gasteiger partial charge in [0.25, 0.3) is 0 Å². The smallest absolute Gasteiger partial charge is 0.150 e. The van der Waals surface area contributed by atoms with Gasteiger partial charge in [0.1, 0.15) is 10.1 Å². The van der Waals surface area contributed by atoms with Crippen molar-refractivity contribution in [2.24, 2.45) is 0 Å². The lowest BCUT2D eigenvalue weighted by molar-refractivity contribution is 0.242. The minimum atomic E-state index is 0.208. The number of nitrogens with one attached hydrogen (secondary N) is 1. The zero-order valence-corrected chi connectivity index (χ0v) is 14.6. The molecule has 1 aromatic heterocycles. The van der Waals surface area contributed by atoms with Crippen LogP contribution in [0.1, 0.15) is 31.1 Å². The van der Waals surface area contributed by atoms with Gasteiger partial charge < -0.3 is 10.1 Å². The van der Waals surface area contributed by atoms with E-state index in [1.165, 1.54) is 5.56 Å². The normalized spacial score (nSPS) is 12.6. The van der Waals surface area contributed by atoms with E-state index in [9.17, 15) is 0 Å². The molecule has 2 rings (SSSR count). The maximum absolute atomic E-state index is 5.68. The number of nitrogens with zero attached hydrogens (tertiary/aromatic N) is 1. The lowest BCUT2D eigenvalue weighted by Crippen LogP contribution is -2.18. The van der Waals surface area contributed by atoms with E-state index in [0.29, 0.717) is 6.04 Å². The Morgan fingerprint density at radius 1 is 1.29 bits per heavy atom. The van der Waals surface area contributed by atoms with E-state index in [2.05, 4.69) is 27.8 Å². The Balaban J connectivity index is 1.96. The third kappa shape index (κ3) is 5.02. The molecule has 3 nitrogen and oxygen atoms in total. The molecule has 2 aromatic rings. The Morgan fingerprint density at radius 2 is 2.00 bits per heavy atom. The molecular formula is C16H22N2OS2. The predicted octanol–water partition coefficient (Wildman–Crippen LogP) is 4.29. The molecule has 1 heterocycles. The highest BCUT2D eigenvalue weighted by atomic mass is 32.2. The first kappa shape index (κ1) is 16.3. The van der Waals surface area contributed by atoms with Gasteiger partial charge in [0, 0.05) is 22.9 Å². The maximum atomic E-state index is 5.68. The molecule has 21 heavy (non-hydrogen) atoms. The first-order valence-electron chi connectivity index (χ1n) is 7.07. The zero-order chi connectivity index (χ0) is 15.2. The Bertz CT molecular complexity index is 552. The summed E-state index contributed by atoms with van der Waals surface area (Å²) < 4.78 is 6.81. The second kappa shape index (κ2) is 7.82.